The van der Waals surface area contributed by atoms with Gasteiger partial charge in [0.15, 0.2) is 6.10 Å². The van der Waals surface area contributed by atoms with Gasteiger partial charge in [0, 0.05) is 19.6 Å². The molecule has 3 rings (SSSR count). The number of hydrogen-bond acceptors (Lipinski definition) is 4. The molecule has 0 saturated carbocycles. The Bertz CT molecular complexity index is 1010. The molecule has 0 spiro atoms. The minimum atomic E-state index is -0.959. The largest absolute Gasteiger partial charge is 0.493 e. The lowest BCUT2D eigenvalue weighted by molar-refractivity contribution is -0.149. The van der Waals surface area contributed by atoms with E-state index in [-0.39, 0.29) is 5.92 Å². The summed E-state index contributed by atoms with van der Waals surface area (Å²) in [5.74, 6) is -0.354. The zero-order valence-corrected chi connectivity index (χ0v) is 19.5. The quantitative estimate of drug-likeness (QED) is 0.369. The van der Waals surface area contributed by atoms with Crippen LogP contribution in [-0.4, -0.2) is 35.4 Å². The van der Waals surface area contributed by atoms with Crippen LogP contribution in [0.1, 0.15) is 29.5 Å². The van der Waals surface area contributed by atoms with Gasteiger partial charge in [-0.15, -0.1) is 0 Å². The number of aliphatic carboxylic acids is 1. The van der Waals surface area contributed by atoms with Crippen LogP contribution in [0.4, 0.5) is 0 Å². The van der Waals surface area contributed by atoms with Crippen molar-refractivity contribution in [3.8, 4) is 5.75 Å². The van der Waals surface area contributed by atoms with Crippen LogP contribution in [0.25, 0.3) is 0 Å². The van der Waals surface area contributed by atoms with Crippen molar-refractivity contribution < 1.29 is 19.4 Å². The Morgan fingerprint density at radius 1 is 0.939 bits per heavy atom. The summed E-state index contributed by atoms with van der Waals surface area (Å²) in [7, 11) is 0. The highest BCUT2D eigenvalue weighted by molar-refractivity contribution is 7.80. The topological polar surface area (TPSA) is 67.8 Å². The Balaban J connectivity index is 1.63. The normalized spacial score (nSPS) is 12.5. The molecule has 6 heteroatoms. The zero-order valence-electron chi connectivity index (χ0n) is 18.6. The van der Waals surface area contributed by atoms with Gasteiger partial charge in [0.05, 0.1) is 10.9 Å². The van der Waals surface area contributed by atoms with Crippen LogP contribution in [0.15, 0.2) is 84.9 Å². The van der Waals surface area contributed by atoms with E-state index in [0.717, 1.165) is 21.7 Å². The summed E-state index contributed by atoms with van der Waals surface area (Å²) < 4.78 is 11.4. The lowest BCUT2D eigenvalue weighted by Gasteiger charge is -2.21. The highest BCUT2D eigenvalue weighted by Gasteiger charge is 2.19. The first-order valence-electron chi connectivity index (χ1n) is 11.0. The molecular weight excluding hydrogens is 434 g/mol. The van der Waals surface area contributed by atoms with Gasteiger partial charge in [-0.05, 0) is 35.7 Å². The summed E-state index contributed by atoms with van der Waals surface area (Å²) >= 11 is 5.73. The molecule has 33 heavy (non-hydrogen) atoms. The highest BCUT2D eigenvalue weighted by atomic mass is 32.1. The van der Waals surface area contributed by atoms with Gasteiger partial charge in [-0.25, -0.2) is 4.79 Å². The van der Waals surface area contributed by atoms with E-state index >= 15 is 0 Å². The Morgan fingerprint density at radius 2 is 1.58 bits per heavy atom. The predicted molar refractivity (Wildman–Crippen MR) is 134 cm³/mol. The molecule has 0 heterocycles. The summed E-state index contributed by atoms with van der Waals surface area (Å²) in [5, 5.41) is 12.6. The molecule has 0 saturated heterocycles. The Morgan fingerprint density at radius 3 is 2.18 bits per heavy atom. The summed E-state index contributed by atoms with van der Waals surface area (Å²) in [6, 6.07) is 27.6. The van der Waals surface area contributed by atoms with E-state index in [1.165, 1.54) is 0 Å². The molecule has 0 bridgehead atoms. The molecule has 2 N–H and O–H groups in total. The first-order chi connectivity index (χ1) is 16.1. The number of rotatable bonds is 12. The zero-order chi connectivity index (χ0) is 23.5. The second kappa shape index (κ2) is 12.7. The minimum Gasteiger partial charge on any atom is -0.493 e. The Labute approximate surface area is 200 Å². The van der Waals surface area contributed by atoms with Crippen LogP contribution in [0.2, 0.25) is 0 Å². The molecule has 0 aliphatic rings. The third-order valence-corrected chi connectivity index (χ3v) is 5.66. The third kappa shape index (κ3) is 7.70. The maximum atomic E-state index is 11.3. The van der Waals surface area contributed by atoms with E-state index in [1.54, 1.807) is 6.92 Å². The average Bonchev–Trinajstić information content (AvgIpc) is 2.85. The molecule has 0 radical (unpaired) electrons. The Hall–Kier alpha value is -3.22. The van der Waals surface area contributed by atoms with Crippen LogP contribution < -0.4 is 10.1 Å². The van der Waals surface area contributed by atoms with Gasteiger partial charge < -0.3 is 19.9 Å². The molecule has 5 nitrogen and oxygen atoms in total. The lowest BCUT2D eigenvalue weighted by Crippen LogP contribution is -2.30. The first-order valence-corrected chi connectivity index (χ1v) is 11.4. The van der Waals surface area contributed by atoms with Crippen molar-refractivity contribution in [3.05, 3.63) is 102 Å². The van der Waals surface area contributed by atoms with Crippen molar-refractivity contribution in [2.24, 2.45) is 0 Å². The van der Waals surface area contributed by atoms with Gasteiger partial charge in [-0.1, -0.05) is 85.0 Å². The summed E-state index contributed by atoms with van der Waals surface area (Å²) in [5.41, 5.74) is 3.12. The van der Waals surface area contributed by atoms with Crippen LogP contribution in [0, 0.1) is 0 Å². The first kappa shape index (κ1) is 24.4. The van der Waals surface area contributed by atoms with Crippen molar-refractivity contribution >= 4 is 23.2 Å². The summed E-state index contributed by atoms with van der Waals surface area (Å²) in [6.07, 6.45) is -0.541. The molecule has 0 aromatic heterocycles. The van der Waals surface area contributed by atoms with Crippen molar-refractivity contribution in [1.29, 1.82) is 0 Å². The van der Waals surface area contributed by atoms with Gasteiger partial charge in [-0.2, -0.15) is 0 Å². The Kier molecular flexibility index (Phi) is 9.42. The molecular formula is C27H29NO4S. The smallest absolute Gasteiger partial charge is 0.333 e. The number of ether oxygens (including phenoxy) is 2. The minimum absolute atomic E-state index is 0.0982. The van der Waals surface area contributed by atoms with E-state index in [4.69, 9.17) is 21.7 Å². The lowest BCUT2D eigenvalue weighted by atomic mass is 9.99. The maximum Gasteiger partial charge on any atom is 0.333 e. The van der Waals surface area contributed by atoms with Crippen LogP contribution in [0.3, 0.4) is 0 Å². The summed E-state index contributed by atoms with van der Waals surface area (Å²) in [4.78, 5) is 12.0. The highest BCUT2D eigenvalue weighted by Crippen LogP contribution is 2.21. The number of hydrogen-bond donors (Lipinski definition) is 2. The number of carbonyl (C=O) groups is 1. The molecule has 2 atom stereocenters. The van der Waals surface area contributed by atoms with Gasteiger partial charge in [0.25, 0.3) is 0 Å². The average molecular weight is 464 g/mol. The van der Waals surface area contributed by atoms with E-state index in [1.807, 2.05) is 72.8 Å². The molecule has 0 amide bonds. The van der Waals surface area contributed by atoms with E-state index < -0.39 is 12.1 Å². The number of benzene rings is 3. The van der Waals surface area contributed by atoms with Crippen LogP contribution in [0.5, 0.6) is 5.75 Å². The van der Waals surface area contributed by atoms with E-state index in [9.17, 15) is 9.90 Å². The van der Waals surface area contributed by atoms with Crippen LogP contribution >= 0.6 is 12.2 Å². The fraction of sp³-hybridized carbons (Fsp3) is 0.259. The van der Waals surface area contributed by atoms with Gasteiger partial charge >= 0.3 is 5.97 Å². The van der Waals surface area contributed by atoms with Gasteiger partial charge in [0.2, 0.25) is 0 Å². The molecule has 172 valence electrons. The number of carboxylic acids is 1. The summed E-state index contributed by atoms with van der Waals surface area (Å²) in [6.45, 7) is 3.19. The number of nitrogens with one attached hydrogen (secondary N) is 1. The standard InChI is InChI=1S/C27H29NO4S/c1-2-31-25(27(29)30)17-20-13-15-23(16-14-20)32-19-24(22-11-7-4-8-12-22)26(33)28-18-21-9-5-3-6-10-21/h3-16,24-25H,2,17-19H2,1H3,(H,28,33)(H,29,30)/t24-,25-/m1/s1. The van der Waals surface area contributed by atoms with Gasteiger partial charge in [-0.3, -0.25) is 0 Å². The molecule has 0 aliphatic carbocycles. The van der Waals surface area contributed by atoms with E-state index in [0.29, 0.717) is 31.9 Å². The predicted octanol–water partition coefficient (Wildman–Crippen LogP) is 5.00. The molecule has 3 aromatic rings. The third-order valence-electron chi connectivity index (χ3n) is 5.23. The fourth-order valence-electron chi connectivity index (χ4n) is 3.45. The fourth-order valence-corrected chi connectivity index (χ4v) is 3.73. The number of carboxylic acid groups (broad SMARTS) is 1. The molecule has 0 unspecified atom stereocenters. The molecule has 0 aliphatic heterocycles. The molecule has 3 aromatic carbocycles. The van der Waals surface area contributed by atoms with Crippen molar-refractivity contribution in [2.45, 2.75) is 31.9 Å². The maximum absolute atomic E-state index is 11.3. The SMILES string of the molecule is CCO[C@H](Cc1ccc(OC[C@@H](C(=S)NCc2ccccc2)c2ccccc2)cc1)C(=O)O. The van der Waals surface area contributed by atoms with Crippen molar-refractivity contribution in [1.82, 2.24) is 5.32 Å². The van der Waals surface area contributed by atoms with Gasteiger partial charge in [0.1, 0.15) is 12.4 Å². The van der Waals surface area contributed by atoms with Crippen molar-refractivity contribution in [3.63, 3.8) is 0 Å². The molecule has 0 fully saturated rings. The van der Waals surface area contributed by atoms with Crippen LogP contribution in [-0.2, 0) is 22.5 Å². The second-order valence-electron chi connectivity index (χ2n) is 7.61. The van der Waals surface area contributed by atoms with Crippen molar-refractivity contribution in [2.75, 3.05) is 13.2 Å². The van der Waals surface area contributed by atoms with E-state index in [2.05, 4.69) is 17.4 Å². The number of thiocarbonyl (C=S) groups is 1. The second-order valence-corrected chi connectivity index (χ2v) is 8.05. The monoisotopic (exact) mass is 463 g/mol.